The molecule has 1 fully saturated rings. The maximum atomic E-state index is 11.6. The van der Waals surface area contributed by atoms with Crippen LogP contribution >= 0.6 is 0 Å². The molecule has 3 N–H and O–H groups in total. The van der Waals surface area contributed by atoms with Gasteiger partial charge >= 0.3 is 5.97 Å². The summed E-state index contributed by atoms with van der Waals surface area (Å²) < 4.78 is 0. The first-order valence-corrected chi connectivity index (χ1v) is 6.89. The molecule has 0 amide bonds. The second kappa shape index (κ2) is 4.23. The normalized spacial score (nSPS) is 24.9. The summed E-state index contributed by atoms with van der Waals surface area (Å²) in [5.41, 5.74) is 7.53. The van der Waals surface area contributed by atoms with Crippen molar-refractivity contribution in [2.45, 2.75) is 37.8 Å². The van der Waals surface area contributed by atoms with Gasteiger partial charge in [-0.1, -0.05) is 18.2 Å². The van der Waals surface area contributed by atoms with Crippen molar-refractivity contribution in [3.05, 3.63) is 29.8 Å². The number of carboxylic acid groups (broad SMARTS) is 1. The van der Waals surface area contributed by atoms with Crippen LogP contribution in [0.25, 0.3) is 0 Å². The number of anilines is 1. The van der Waals surface area contributed by atoms with Crippen LogP contribution in [0.1, 0.15) is 25.3 Å². The Bertz CT molecular complexity index is 513. The van der Waals surface area contributed by atoms with Gasteiger partial charge in [0.15, 0.2) is 0 Å². The van der Waals surface area contributed by atoms with Crippen LogP contribution in [0.3, 0.4) is 0 Å². The van der Waals surface area contributed by atoms with Gasteiger partial charge in [-0.2, -0.15) is 0 Å². The minimum atomic E-state index is -1.11. The van der Waals surface area contributed by atoms with E-state index in [1.807, 2.05) is 12.1 Å². The lowest BCUT2D eigenvalue weighted by molar-refractivity contribution is -0.143. The van der Waals surface area contributed by atoms with E-state index >= 15 is 0 Å². The third-order valence-electron chi connectivity index (χ3n) is 4.48. The molecule has 0 spiro atoms. The number of carbonyl (C=O) groups is 1. The predicted molar refractivity (Wildman–Crippen MR) is 74.2 cm³/mol. The lowest BCUT2D eigenvalue weighted by atomic mass is 9.93. The molecule has 0 radical (unpaired) electrons. The van der Waals surface area contributed by atoms with Gasteiger partial charge in [-0.15, -0.1) is 0 Å². The molecular formula is C15H20N2O2. The number of nitrogens with zero attached hydrogens (tertiary/aromatic N) is 1. The summed E-state index contributed by atoms with van der Waals surface area (Å²) in [4.78, 5) is 13.7. The Balaban J connectivity index is 1.88. The van der Waals surface area contributed by atoms with Crippen LogP contribution in [0.4, 0.5) is 5.69 Å². The zero-order valence-corrected chi connectivity index (χ0v) is 11.2. The summed E-state index contributed by atoms with van der Waals surface area (Å²) in [7, 11) is 0. The fourth-order valence-corrected chi connectivity index (χ4v) is 3.12. The number of aliphatic carboxylic acids is 1. The van der Waals surface area contributed by atoms with E-state index in [-0.39, 0.29) is 5.92 Å². The van der Waals surface area contributed by atoms with E-state index in [1.165, 1.54) is 5.56 Å². The first kappa shape index (κ1) is 12.5. The van der Waals surface area contributed by atoms with Gasteiger partial charge < -0.3 is 15.7 Å². The highest BCUT2D eigenvalue weighted by molar-refractivity contribution is 5.81. The fourth-order valence-electron chi connectivity index (χ4n) is 3.12. The summed E-state index contributed by atoms with van der Waals surface area (Å²) in [5.74, 6) is -0.739. The van der Waals surface area contributed by atoms with E-state index in [4.69, 9.17) is 5.73 Å². The molecule has 19 heavy (non-hydrogen) atoms. The van der Waals surface area contributed by atoms with Gasteiger partial charge in [0.05, 0.1) is 0 Å². The Morgan fingerprint density at radius 1 is 1.47 bits per heavy atom. The van der Waals surface area contributed by atoms with E-state index in [2.05, 4.69) is 24.0 Å². The van der Waals surface area contributed by atoms with E-state index in [0.717, 1.165) is 24.9 Å². The Morgan fingerprint density at radius 2 is 2.16 bits per heavy atom. The molecule has 2 atom stereocenters. The maximum absolute atomic E-state index is 11.6. The molecule has 0 saturated heterocycles. The number of hydrogen-bond acceptors (Lipinski definition) is 3. The Morgan fingerprint density at radius 3 is 2.79 bits per heavy atom. The van der Waals surface area contributed by atoms with Crippen molar-refractivity contribution >= 4 is 11.7 Å². The van der Waals surface area contributed by atoms with Gasteiger partial charge in [0.2, 0.25) is 0 Å². The number of benzene rings is 1. The molecule has 1 aromatic carbocycles. The molecular weight excluding hydrogens is 240 g/mol. The predicted octanol–water partition coefficient (Wildman–Crippen LogP) is 1.63. The van der Waals surface area contributed by atoms with Crippen LogP contribution in [0.15, 0.2) is 24.3 Å². The van der Waals surface area contributed by atoms with Crippen molar-refractivity contribution in [2.24, 2.45) is 11.7 Å². The van der Waals surface area contributed by atoms with Gasteiger partial charge in [-0.25, -0.2) is 0 Å². The fraction of sp³-hybridized carbons (Fsp3) is 0.533. The molecule has 4 heteroatoms. The van der Waals surface area contributed by atoms with Crippen molar-refractivity contribution < 1.29 is 9.90 Å². The van der Waals surface area contributed by atoms with Crippen LogP contribution < -0.4 is 10.6 Å². The van der Waals surface area contributed by atoms with Gasteiger partial charge in [0.1, 0.15) is 5.54 Å². The lowest BCUT2D eigenvalue weighted by Gasteiger charge is -2.34. The highest BCUT2D eigenvalue weighted by Crippen LogP contribution is 2.41. The maximum Gasteiger partial charge on any atom is 0.325 e. The van der Waals surface area contributed by atoms with Gasteiger partial charge in [-0.3, -0.25) is 4.79 Å². The molecule has 4 nitrogen and oxygen atoms in total. The molecule has 1 saturated carbocycles. The zero-order chi connectivity index (χ0) is 13.6. The first-order chi connectivity index (χ1) is 9.02. The van der Waals surface area contributed by atoms with Gasteiger partial charge in [-0.05, 0) is 43.7 Å². The van der Waals surface area contributed by atoms with E-state index in [1.54, 1.807) is 0 Å². The molecule has 0 aromatic heterocycles. The lowest BCUT2D eigenvalue weighted by Crippen LogP contribution is -2.59. The SMILES string of the molecule is CC1Cc2ccccc2N1CC(N)(C(=O)O)C1CC1. The average molecular weight is 260 g/mol. The summed E-state index contributed by atoms with van der Waals surface area (Å²) in [6.45, 7) is 2.54. The van der Waals surface area contributed by atoms with Crippen LogP contribution in [-0.2, 0) is 11.2 Å². The topological polar surface area (TPSA) is 66.6 Å². The third-order valence-corrected chi connectivity index (χ3v) is 4.48. The number of hydrogen-bond donors (Lipinski definition) is 2. The first-order valence-electron chi connectivity index (χ1n) is 6.89. The second-order valence-corrected chi connectivity index (χ2v) is 5.93. The number of carboxylic acids is 1. The minimum absolute atomic E-state index is 0.130. The van der Waals surface area contributed by atoms with E-state index in [0.29, 0.717) is 12.6 Å². The quantitative estimate of drug-likeness (QED) is 0.863. The van der Waals surface area contributed by atoms with Gasteiger partial charge in [0.25, 0.3) is 0 Å². The van der Waals surface area contributed by atoms with Crippen molar-refractivity contribution in [3.63, 3.8) is 0 Å². The summed E-state index contributed by atoms with van der Waals surface area (Å²) in [6.07, 6.45) is 2.84. The van der Waals surface area contributed by atoms with Crippen LogP contribution in [0.5, 0.6) is 0 Å². The highest BCUT2D eigenvalue weighted by Gasteiger charge is 2.50. The summed E-state index contributed by atoms with van der Waals surface area (Å²) >= 11 is 0. The summed E-state index contributed by atoms with van der Waals surface area (Å²) in [5, 5.41) is 9.49. The van der Waals surface area contributed by atoms with E-state index < -0.39 is 11.5 Å². The third kappa shape index (κ3) is 2.00. The number of nitrogens with two attached hydrogens (primary N) is 1. The monoisotopic (exact) mass is 260 g/mol. The average Bonchev–Trinajstić information content (AvgIpc) is 3.17. The molecule has 1 aliphatic carbocycles. The van der Waals surface area contributed by atoms with Crippen molar-refractivity contribution in [1.29, 1.82) is 0 Å². The van der Waals surface area contributed by atoms with Crippen molar-refractivity contribution in [3.8, 4) is 0 Å². The molecule has 2 unspecified atom stereocenters. The smallest absolute Gasteiger partial charge is 0.325 e. The molecule has 2 aliphatic rings. The largest absolute Gasteiger partial charge is 0.480 e. The molecule has 1 aromatic rings. The van der Waals surface area contributed by atoms with Crippen molar-refractivity contribution in [2.75, 3.05) is 11.4 Å². The Labute approximate surface area is 113 Å². The number of fused-ring (bicyclic) bond motifs is 1. The highest BCUT2D eigenvalue weighted by atomic mass is 16.4. The molecule has 3 rings (SSSR count). The van der Waals surface area contributed by atoms with Crippen LogP contribution in [0, 0.1) is 5.92 Å². The van der Waals surface area contributed by atoms with Crippen molar-refractivity contribution in [1.82, 2.24) is 0 Å². The van der Waals surface area contributed by atoms with Gasteiger partial charge in [0, 0.05) is 18.3 Å². The number of rotatable bonds is 4. The van der Waals surface area contributed by atoms with Crippen LogP contribution in [0.2, 0.25) is 0 Å². The van der Waals surface area contributed by atoms with E-state index in [9.17, 15) is 9.90 Å². The Kier molecular flexibility index (Phi) is 2.78. The second-order valence-electron chi connectivity index (χ2n) is 5.93. The summed E-state index contributed by atoms with van der Waals surface area (Å²) in [6, 6.07) is 8.53. The number of para-hydroxylation sites is 1. The zero-order valence-electron chi connectivity index (χ0n) is 11.2. The molecule has 0 bridgehead atoms. The molecule has 1 aliphatic heterocycles. The standard InChI is InChI=1S/C15H20N2O2/c1-10-8-11-4-2-3-5-13(11)17(10)9-15(16,14(18)19)12-6-7-12/h2-5,10,12H,6-9,16H2,1H3,(H,18,19). The minimum Gasteiger partial charge on any atom is -0.480 e. The molecule has 102 valence electrons. The molecule has 1 heterocycles. The Hall–Kier alpha value is -1.55. The van der Waals surface area contributed by atoms with Crippen LogP contribution in [-0.4, -0.2) is 29.2 Å².